The Kier molecular flexibility index (Phi) is 3.93. The maximum absolute atomic E-state index is 12.4. The van der Waals surface area contributed by atoms with Crippen molar-refractivity contribution < 1.29 is 17.9 Å². The van der Waals surface area contributed by atoms with E-state index in [9.17, 15) is 8.42 Å². The molecule has 0 amide bonds. The zero-order valence-corrected chi connectivity index (χ0v) is 11.9. The number of benzene rings is 1. The molecule has 3 rings (SSSR count). The molecule has 1 atom stereocenters. The predicted octanol–water partition coefficient (Wildman–Crippen LogP) is 0.677. The Hall–Kier alpha value is -1.15. The van der Waals surface area contributed by atoms with Crippen LogP contribution in [0, 0.1) is 0 Å². The van der Waals surface area contributed by atoms with E-state index in [0.29, 0.717) is 39.3 Å². The van der Waals surface area contributed by atoms with Gasteiger partial charge in [-0.3, -0.25) is 0 Å². The third-order valence-electron chi connectivity index (χ3n) is 3.56. The summed E-state index contributed by atoms with van der Waals surface area (Å²) in [6, 6.07) is 7.32. The highest BCUT2D eigenvalue weighted by Crippen LogP contribution is 2.32. The molecule has 1 aromatic carbocycles. The van der Waals surface area contributed by atoms with E-state index in [1.165, 1.54) is 4.31 Å². The number of hydrogen-bond acceptors (Lipinski definition) is 4. The number of hydrogen-bond donors (Lipinski definition) is 1. The molecule has 2 heterocycles. The Balaban J connectivity index is 1.78. The molecule has 0 radical (unpaired) electrons. The van der Waals surface area contributed by atoms with Crippen LogP contribution in [0.1, 0.15) is 18.0 Å². The van der Waals surface area contributed by atoms with Gasteiger partial charge in [-0.15, -0.1) is 0 Å². The van der Waals surface area contributed by atoms with Gasteiger partial charge in [0.2, 0.25) is 0 Å². The smallest absolute Gasteiger partial charge is 0.280 e. The highest BCUT2D eigenvalue weighted by atomic mass is 32.2. The van der Waals surface area contributed by atoms with Gasteiger partial charge in [0.15, 0.2) is 0 Å². The topological polar surface area (TPSA) is 67.9 Å². The van der Waals surface area contributed by atoms with Crippen molar-refractivity contribution in [2.24, 2.45) is 0 Å². The molecule has 20 heavy (non-hydrogen) atoms. The average molecular weight is 298 g/mol. The number of morpholine rings is 1. The fraction of sp³-hybridized carbons (Fsp3) is 0.538. The molecule has 0 aromatic heterocycles. The van der Waals surface area contributed by atoms with Crippen molar-refractivity contribution in [1.29, 1.82) is 0 Å². The van der Waals surface area contributed by atoms with Gasteiger partial charge in [-0.25, -0.2) is 0 Å². The lowest BCUT2D eigenvalue weighted by molar-refractivity contribution is 0.0722. The van der Waals surface area contributed by atoms with Crippen molar-refractivity contribution in [3.05, 3.63) is 29.8 Å². The summed E-state index contributed by atoms with van der Waals surface area (Å²) in [6.07, 6.45) is 0.639. The third kappa shape index (κ3) is 2.80. The molecule has 1 saturated heterocycles. The largest absolute Gasteiger partial charge is 0.493 e. The quantitative estimate of drug-likeness (QED) is 0.891. The van der Waals surface area contributed by atoms with Gasteiger partial charge in [-0.2, -0.15) is 17.4 Å². The minimum Gasteiger partial charge on any atom is -0.493 e. The number of nitrogens with zero attached hydrogens (tertiary/aromatic N) is 1. The molecule has 1 aromatic rings. The van der Waals surface area contributed by atoms with Crippen LogP contribution in [0.4, 0.5) is 0 Å². The molecule has 0 saturated carbocycles. The summed E-state index contributed by atoms with van der Waals surface area (Å²) in [5.74, 6) is 0.758. The Morgan fingerprint density at radius 3 is 2.70 bits per heavy atom. The van der Waals surface area contributed by atoms with Gasteiger partial charge in [0, 0.05) is 25.1 Å². The number of fused-ring (bicyclic) bond motifs is 1. The Morgan fingerprint density at radius 1 is 1.15 bits per heavy atom. The lowest BCUT2D eigenvalue weighted by Crippen LogP contribution is -2.48. The summed E-state index contributed by atoms with van der Waals surface area (Å²) in [5.41, 5.74) is 0.899. The Bertz CT molecular complexity index is 569. The van der Waals surface area contributed by atoms with E-state index in [1.807, 2.05) is 24.3 Å². The SMILES string of the molecule is O=S(=O)(N[C@H]1CCOc2ccccc21)N1CCOCC1. The normalized spacial score (nSPS) is 23.9. The van der Waals surface area contributed by atoms with Crippen LogP contribution in [-0.4, -0.2) is 45.6 Å². The molecule has 110 valence electrons. The van der Waals surface area contributed by atoms with Crippen LogP contribution in [0.25, 0.3) is 0 Å². The second-order valence-electron chi connectivity index (χ2n) is 4.86. The summed E-state index contributed by atoms with van der Waals surface area (Å²) in [7, 11) is -3.48. The Morgan fingerprint density at radius 2 is 1.90 bits per heavy atom. The van der Waals surface area contributed by atoms with Crippen LogP contribution < -0.4 is 9.46 Å². The van der Waals surface area contributed by atoms with Crippen LogP contribution in [0.3, 0.4) is 0 Å². The molecule has 7 heteroatoms. The van der Waals surface area contributed by atoms with Gasteiger partial charge in [0.25, 0.3) is 10.2 Å². The van der Waals surface area contributed by atoms with Crippen LogP contribution in [-0.2, 0) is 14.9 Å². The predicted molar refractivity (Wildman–Crippen MR) is 73.7 cm³/mol. The lowest BCUT2D eigenvalue weighted by atomic mass is 10.0. The molecule has 0 bridgehead atoms. The lowest BCUT2D eigenvalue weighted by Gasteiger charge is -2.31. The van der Waals surface area contributed by atoms with Crippen LogP contribution in [0.5, 0.6) is 5.75 Å². The molecule has 0 aliphatic carbocycles. The van der Waals surface area contributed by atoms with Crippen LogP contribution in [0.15, 0.2) is 24.3 Å². The summed E-state index contributed by atoms with van der Waals surface area (Å²) in [4.78, 5) is 0. The maximum atomic E-state index is 12.4. The fourth-order valence-corrected chi connectivity index (χ4v) is 3.89. The van der Waals surface area contributed by atoms with E-state index in [0.717, 1.165) is 11.3 Å². The molecule has 6 nitrogen and oxygen atoms in total. The molecule has 2 aliphatic heterocycles. The minimum atomic E-state index is -3.48. The molecule has 0 unspecified atom stereocenters. The first kappa shape index (κ1) is 13.8. The van der Waals surface area contributed by atoms with Crippen molar-refractivity contribution in [1.82, 2.24) is 9.03 Å². The first-order valence-corrected chi connectivity index (χ1v) is 8.18. The van der Waals surface area contributed by atoms with Crippen molar-refractivity contribution in [3.63, 3.8) is 0 Å². The van der Waals surface area contributed by atoms with E-state index >= 15 is 0 Å². The summed E-state index contributed by atoms with van der Waals surface area (Å²) in [6.45, 7) is 2.23. The molecule has 2 aliphatic rings. The third-order valence-corrected chi connectivity index (χ3v) is 5.19. The molecule has 1 N–H and O–H groups in total. The zero-order chi connectivity index (χ0) is 14.0. The van der Waals surface area contributed by atoms with E-state index in [1.54, 1.807) is 0 Å². The van der Waals surface area contributed by atoms with Gasteiger partial charge >= 0.3 is 0 Å². The van der Waals surface area contributed by atoms with Gasteiger partial charge in [-0.05, 0) is 6.07 Å². The van der Waals surface area contributed by atoms with E-state index in [2.05, 4.69) is 4.72 Å². The molecule has 0 spiro atoms. The molecular formula is C13H18N2O4S. The van der Waals surface area contributed by atoms with Crippen molar-refractivity contribution >= 4 is 10.2 Å². The standard InChI is InChI=1S/C13H18N2O4S/c16-20(17,15-6-9-18-10-7-15)14-12-5-8-19-13-4-2-1-3-11(12)13/h1-4,12,14H,5-10H2/t12-/m0/s1. The molecular weight excluding hydrogens is 280 g/mol. The zero-order valence-electron chi connectivity index (χ0n) is 11.1. The van der Waals surface area contributed by atoms with Crippen molar-refractivity contribution in [2.75, 3.05) is 32.9 Å². The van der Waals surface area contributed by atoms with Crippen LogP contribution >= 0.6 is 0 Å². The van der Waals surface area contributed by atoms with Gasteiger partial charge in [0.1, 0.15) is 5.75 Å². The second-order valence-corrected chi connectivity index (χ2v) is 6.56. The van der Waals surface area contributed by atoms with Gasteiger partial charge in [-0.1, -0.05) is 18.2 Å². The average Bonchev–Trinajstić information content (AvgIpc) is 2.48. The Labute approximate surface area is 118 Å². The number of ether oxygens (including phenoxy) is 2. The van der Waals surface area contributed by atoms with Gasteiger partial charge < -0.3 is 9.47 Å². The summed E-state index contributed by atoms with van der Waals surface area (Å²) in [5, 5.41) is 0. The molecule has 1 fully saturated rings. The monoisotopic (exact) mass is 298 g/mol. The first-order valence-electron chi connectivity index (χ1n) is 6.74. The fourth-order valence-electron chi connectivity index (χ4n) is 2.51. The van der Waals surface area contributed by atoms with E-state index in [4.69, 9.17) is 9.47 Å². The maximum Gasteiger partial charge on any atom is 0.280 e. The summed E-state index contributed by atoms with van der Waals surface area (Å²) < 4.78 is 39.7. The highest BCUT2D eigenvalue weighted by molar-refractivity contribution is 7.87. The van der Waals surface area contributed by atoms with E-state index < -0.39 is 10.2 Å². The second kappa shape index (κ2) is 5.69. The highest BCUT2D eigenvalue weighted by Gasteiger charge is 2.30. The van der Waals surface area contributed by atoms with Crippen LogP contribution in [0.2, 0.25) is 0 Å². The number of nitrogens with one attached hydrogen (secondary N) is 1. The first-order chi connectivity index (χ1) is 9.67. The number of rotatable bonds is 3. The van der Waals surface area contributed by atoms with Crippen molar-refractivity contribution in [3.8, 4) is 5.75 Å². The number of para-hydroxylation sites is 1. The van der Waals surface area contributed by atoms with Crippen molar-refractivity contribution in [2.45, 2.75) is 12.5 Å². The summed E-state index contributed by atoms with van der Waals surface area (Å²) >= 11 is 0. The van der Waals surface area contributed by atoms with E-state index in [-0.39, 0.29) is 6.04 Å². The van der Waals surface area contributed by atoms with Gasteiger partial charge in [0.05, 0.1) is 25.9 Å². The minimum absolute atomic E-state index is 0.229.